The fourth-order valence-electron chi connectivity index (χ4n) is 3.42. The van der Waals surface area contributed by atoms with Crippen molar-refractivity contribution in [2.24, 2.45) is 5.92 Å². The predicted molar refractivity (Wildman–Crippen MR) is 94.5 cm³/mol. The van der Waals surface area contributed by atoms with Gasteiger partial charge < -0.3 is 20.1 Å². The van der Waals surface area contributed by atoms with Crippen molar-refractivity contribution in [2.75, 3.05) is 25.1 Å². The molecule has 2 N–H and O–H groups in total. The van der Waals surface area contributed by atoms with Crippen LogP contribution in [0, 0.1) is 5.92 Å². The first-order valence-corrected chi connectivity index (χ1v) is 9.16. The molecule has 2 amide bonds. The summed E-state index contributed by atoms with van der Waals surface area (Å²) < 4.78 is 11.6. The van der Waals surface area contributed by atoms with Crippen LogP contribution in [0.4, 0.5) is 10.5 Å². The van der Waals surface area contributed by atoms with E-state index >= 15 is 0 Å². The number of nitrogens with zero attached hydrogens (tertiary/aromatic N) is 2. The molecule has 0 aromatic carbocycles. The van der Waals surface area contributed by atoms with Crippen molar-refractivity contribution in [2.45, 2.75) is 57.7 Å². The lowest BCUT2D eigenvalue weighted by Gasteiger charge is -2.33. The number of carbonyl (C=O) groups excluding carboxylic acids is 1. The quantitative estimate of drug-likeness (QED) is 0.854. The molecule has 7 nitrogen and oxygen atoms in total. The minimum absolute atomic E-state index is 0.0266. The molecule has 0 radical (unpaired) electrons. The molecule has 0 saturated carbocycles. The van der Waals surface area contributed by atoms with E-state index in [4.69, 9.17) is 9.47 Å². The SMILES string of the molecule is CC(C)Cc1ncc(NC(=O)NCC2CCC3(CCOCC3)O2)cn1. The van der Waals surface area contributed by atoms with Gasteiger partial charge in [0.15, 0.2) is 0 Å². The third-order valence-electron chi connectivity index (χ3n) is 4.79. The van der Waals surface area contributed by atoms with E-state index in [1.165, 1.54) is 0 Å². The fourth-order valence-corrected chi connectivity index (χ4v) is 3.42. The minimum Gasteiger partial charge on any atom is -0.381 e. The normalized spacial score (nSPS) is 22.3. The monoisotopic (exact) mass is 348 g/mol. The largest absolute Gasteiger partial charge is 0.381 e. The smallest absolute Gasteiger partial charge is 0.319 e. The maximum Gasteiger partial charge on any atom is 0.319 e. The Morgan fingerprint density at radius 2 is 2.00 bits per heavy atom. The van der Waals surface area contributed by atoms with Gasteiger partial charge in [0.05, 0.1) is 29.8 Å². The van der Waals surface area contributed by atoms with Gasteiger partial charge in [0.25, 0.3) is 0 Å². The van der Waals surface area contributed by atoms with E-state index in [-0.39, 0.29) is 17.7 Å². The number of ether oxygens (including phenoxy) is 2. The van der Waals surface area contributed by atoms with Crippen LogP contribution in [-0.2, 0) is 15.9 Å². The predicted octanol–water partition coefficient (Wildman–Crippen LogP) is 2.52. The van der Waals surface area contributed by atoms with E-state index < -0.39 is 0 Å². The van der Waals surface area contributed by atoms with Crippen LogP contribution in [0.2, 0.25) is 0 Å². The standard InChI is InChI=1S/C18H28N4O3/c1-13(2)9-16-19-10-14(11-20-16)22-17(23)21-12-15-3-4-18(25-15)5-7-24-8-6-18/h10-11,13,15H,3-9,12H2,1-2H3,(H2,21,22,23). The number of urea groups is 1. The highest BCUT2D eigenvalue weighted by Crippen LogP contribution is 2.37. The van der Waals surface area contributed by atoms with E-state index in [0.717, 1.165) is 51.1 Å². The zero-order valence-electron chi connectivity index (χ0n) is 15.1. The van der Waals surface area contributed by atoms with E-state index in [1.807, 2.05) is 0 Å². The molecule has 0 aliphatic carbocycles. The Bertz CT molecular complexity index is 570. The first-order chi connectivity index (χ1) is 12.0. The molecule has 0 bridgehead atoms. The highest BCUT2D eigenvalue weighted by Gasteiger charge is 2.41. The lowest BCUT2D eigenvalue weighted by Crippen LogP contribution is -2.39. The Hall–Kier alpha value is -1.73. The maximum atomic E-state index is 12.0. The number of hydrogen-bond donors (Lipinski definition) is 2. The van der Waals surface area contributed by atoms with Crippen LogP contribution < -0.4 is 10.6 Å². The molecular formula is C18H28N4O3. The van der Waals surface area contributed by atoms with Gasteiger partial charge >= 0.3 is 6.03 Å². The van der Waals surface area contributed by atoms with Crippen LogP contribution >= 0.6 is 0 Å². The maximum absolute atomic E-state index is 12.0. The van der Waals surface area contributed by atoms with Crippen LogP contribution in [0.15, 0.2) is 12.4 Å². The molecule has 2 aliphatic rings. The highest BCUT2D eigenvalue weighted by molar-refractivity contribution is 5.88. The third kappa shape index (κ3) is 5.12. The van der Waals surface area contributed by atoms with Crippen LogP contribution in [0.3, 0.4) is 0 Å². The van der Waals surface area contributed by atoms with Crippen LogP contribution in [0.5, 0.6) is 0 Å². The van der Waals surface area contributed by atoms with Gasteiger partial charge in [0, 0.05) is 26.2 Å². The molecule has 1 aromatic rings. The Balaban J connectivity index is 1.41. The van der Waals surface area contributed by atoms with Crippen LogP contribution in [-0.4, -0.2) is 47.5 Å². The average Bonchev–Trinajstić information content (AvgIpc) is 2.97. The Kier molecular flexibility index (Phi) is 5.86. The molecule has 2 fully saturated rings. The summed E-state index contributed by atoms with van der Waals surface area (Å²) in [7, 11) is 0. The number of nitrogens with one attached hydrogen (secondary N) is 2. The Morgan fingerprint density at radius 1 is 1.28 bits per heavy atom. The third-order valence-corrected chi connectivity index (χ3v) is 4.79. The second-order valence-corrected chi connectivity index (χ2v) is 7.39. The van der Waals surface area contributed by atoms with Crippen LogP contribution in [0.25, 0.3) is 0 Å². The number of carbonyl (C=O) groups is 1. The second-order valence-electron chi connectivity index (χ2n) is 7.39. The van der Waals surface area contributed by atoms with Gasteiger partial charge in [-0.05, 0) is 31.6 Å². The van der Waals surface area contributed by atoms with Gasteiger partial charge in [0.2, 0.25) is 0 Å². The first-order valence-electron chi connectivity index (χ1n) is 9.16. The molecular weight excluding hydrogens is 320 g/mol. The molecule has 2 aliphatic heterocycles. The molecule has 3 heterocycles. The fraction of sp³-hybridized carbons (Fsp3) is 0.722. The van der Waals surface area contributed by atoms with Gasteiger partial charge in [-0.2, -0.15) is 0 Å². The van der Waals surface area contributed by atoms with Crippen molar-refractivity contribution >= 4 is 11.7 Å². The number of anilines is 1. The summed E-state index contributed by atoms with van der Waals surface area (Å²) in [6, 6.07) is -0.253. The van der Waals surface area contributed by atoms with Crippen molar-refractivity contribution in [1.29, 1.82) is 0 Å². The zero-order chi connectivity index (χ0) is 17.7. The summed E-state index contributed by atoms with van der Waals surface area (Å²) in [5.74, 6) is 1.30. The summed E-state index contributed by atoms with van der Waals surface area (Å²) >= 11 is 0. The van der Waals surface area contributed by atoms with Crippen molar-refractivity contribution in [3.05, 3.63) is 18.2 Å². The lowest BCUT2D eigenvalue weighted by molar-refractivity contribution is -0.101. The summed E-state index contributed by atoms with van der Waals surface area (Å²) in [6.45, 7) is 6.30. The number of rotatable bonds is 5. The number of aromatic nitrogens is 2. The summed E-state index contributed by atoms with van der Waals surface area (Å²) in [4.78, 5) is 20.6. The van der Waals surface area contributed by atoms with Gasteiger partial charge in [-0.3, -0.25) is 0 Å². The summed E-state index contributed by atoms with van der Waals surface area (Å²) in [5, 5.41) is 5.65. The molecule has 1 atom stereocenters. The van der Waals surface area contributed by atoms with Crippen molar-refractivity contribution in [1.82, 2.24) is 15.3 Å². The second kappa shape index (κ2) is 8.10. The Morgan fingerprint density at radius 3 is 2.68 bits per heavy atom. The average molecular weight is 348 g/mol. The van der Waals surface area contributed by atoms with Gasteiger partial charge in [-0.25, -0.2) is 14.8 Å². The molecule has 7 heteroatoms. The Labute approximate surface area is 148 Å². The van der Waals surface area contributed by atoms with Crippen LogP contribution in [0.1, 0.15) is 45.4 Å². The van der Waals surface area contributed by atoms with Gasteiger partial charge in [0.1, 0.15) is 5.82 Å². The van der Waals surface area contributed by atoms with E-state index in [0.29, 0.717) is 18.2 Å². The van der Waals surface area contributed by atoms with E-state index in [2.05, 4.69) is 34.4 Å². The molecule has 1 aromatic heterocycles. The number of amides is 2. The molecule has 2 saturated heterocycles. The lowest BCUT2D eigenvalue weighted by atomic mass is 9.91. The molecule has 25 heavy (non-hydrogen) atoms. The highest BCUT2D eigenvalue weighted by atomic mass is 16.5. The van der Waals surface area contributed by atoms with Gasteiger partial charge in [-0.1, -0.05) is 13.8 Å². The minimum atomic E-state index is -0.253. The van der Waals surface area contributed by atoms with Crippen molar-refractivity contribution < 1.29 is 14.3 Å². The van der Waals surface area contributed by atoms with Crippen molar-refractivity contribution in [3.63, 3.8) is 0 Å². The molecule has 1 unspecified atom stereocenters. The van der Waals surface area contributed by atoms with E-state index in [9.17, 15) is 4.79 Å². The molecule has 1 spiro atoms. The topological polar surface area (TPSA) is 85.4 Å². The number of hydrogen-bond acceptors (Lipinski definition) is 5. The first kappa shape index (κ1) is 18.1. The molecule has 3 rings (SSSR count). The van der Waals surface area contributed by atoms with E-state index in [1.54, 1.807) is 12.4 Å². The molecule has 138 valence electrons. The van der Waals surface area contributed by atoms with Crippen molar-refractivity contribution in [3.8, 4) is 0 Å². The summed E-state index contributed by atoms with van der Waals surface area (Å²) in [5.41, 5.74) is 0.569. The summed E-state index contributed by atoms with van der Waals surface area (Å²) in [6.07, 6.45) is 8.14. The van der Waals surface area contributed by atoms with Gasteiger partial charge in [-0.15, -0.1) is 0 Å². The zero-order valence-corrected chi connectivity index (χ0v) is 15.1.